The van der Waals surface area contributed by atoms with Gasteiger partial charge in [-0.2, -0.15) is 0 Å². The van der Waals surface area contributed by atoms with Crippen LogP contribution in [0.25, 0.3) is 0 Å². The van der Waals surface area contributed by atoms with E-state index in [1.807, 2.05) is 87.9 Å². The van der Waals surface area contributed by atoms with Gasteiger partial charge in [0.05, 0.1) is 53.3 Å². The Balaban J connectivity index is 1.46. The maximum absolute atomic E-state index is 14.8. The Kier molecular flexibility index (Phi) is 20.4. The van der Waals surface area contributed by atoms with Crippen molar-refractivity contribution in [3.05, 3.63) is 41.7 Å². The Morgan fingerprint density at radius 1 is 0.958 bits per heavy atom. The van der Waals surface area contributed by atoms with Crippen LogP contribution in [0.2, 0.25) is 0 Å². The standard InChI is InChI=1S/C53H89FN6O12/c1-17-42-53(10,66)46(62)34(6)59(14)28-30(2)25-51(8,65)48(32(4)43(33(5)49(64)71-42)41-26-52(9,68-16)47(63)35(7)70-41)72-50-44(61)39(24-31(3)69-50)58(13)23-22-37-29-60(56-55-37)40(27-54)45(67-15)36-18-20-38(21-19-36)57(11)12/h18-21,29-35,39-43,45-48,50,62-63,65-66H,17,22-28H2,1-16H3/t30-,31-,32+,33-,34-,35+,39+,40-,41?,42-,43+,45-,46-,47+,48-,50+,51-,52-,53-/m1/s1. The highest BCUT2D eigenvalue weighted by Gasteiger charge is 2.55. The minimum atomic E-state index is -1.84. The molecule has 3 aliphatic rings. The number of carbonyl (C=O) groups excluding carboxylic acids is 2. The molecule has 0 radical (unpaired) electrons. The number of nitrogens with zero attached hydrogens (tertiary/aromatic N) is 6. The fourth-order valence-corrected chi connectivity index (χ4v) is 11.8. The van der Waals surface area contributed by atoms with Crippen molar-refractivity contribution in [2.45, 2.75) is 191 Å². The number of aromatic nitrogens is 3. The van der Waals surface area contributed by atoms with Crippen LogP contribution in [0.5, 0.6) is 0 Å². The first-order chi connectivity index (χ1) is 33.6. The molecule has 18 nitrogen and oxygen atoms in total. The van der Waals surface area contributed by atoms with Crippen LogP contribution >= 0.6 is 0 Å². The quantitative estimate of drug-likeness (QED) is 0.180. The maximum Gasteiger partial charge on any atom is 0.309 e. The molecular weight excluding hydrogens is 932 g/mol. The predicted octanol–water partition coefficient (Wildman–Crippen LogP) is 4.55. The molecule has 1 aromatic carbocycles. The monoisotopic (exact) mass is 1020 g/mol. The number of Topliss-reactive ketones (excluding diaryl/α,β-unsaturated/α-hetero) is 1. The summed E-state index contributed by atoms with van der Waals surface area (Å²) in [4.78, 5) is 35.2. The lowest BCUT2D eigenvalue weighted by molar-refractivity contribution is -0.264. The maximum atomic E-state index is 14.8. The molecule has 0 aliphatic carbocycles. The molecule has 410 valence electrons. The number of aliphatic hydroxyl groups excluding tert-OH is 2. The molecule has 4 heterocycles. The van der Waals surface area contributed by atoms with E-state index in [9.17, 15) is 34.4 Å². The van der Waals surface area contributed by atoms with E-state index in [-0.39, 0.29) is 31.0 Å². The number of alkyl halides is 1. The molecule has 72 heavy (non-hydrogen) atoms. The first-order valence-corrected chi connectivity index (χ1v) is 25.9. The van der Waals surface area contributed by atoms with Gasteiger partial charge < -0.3 is 58.6 Å². The Labute approximate surface area is 427 Å². The number of rotatable bonds is 15. The number of esters is 1. The Bertz CT molecular complexity index is 2050. The number of halogens is 1. The molecule has 19 atom stereocenters. The predicted molar refractivity (Wildman–Crippen MR) is 270 cm³/mol. The number of aliphatic hydroxyl groups is 4. The van der Waals surface area contributed by atoms with Crippen molar-refractivity contribution in [3.8, 4) is 0 Å². The number of likely N-dealkylation sites (N-methyl/N-ethyl adjacent to an activating group) is 2. The third-order valence-electron chi connectivity index (χ3n) is 16.4. The summed E-state index contributed by atoms with van der Waals surface area (Å²) < 4.78 is 54.0. The van der Waals surface area contributed by atoms with Crippen molar-refractivity contribution >= 4 is 17.4 Å². The number of ether oxygens (including phenoxy) is 6. The molecule has 2 aromatic rings. The number of ketones is 1. The van der Waals surface area contributed by atoms with Crippen molar-refractivity contribution < 1.29 is 62.8 Å². The van der Waals surface area contributed by atoms with Crippen LogP contribution in [0, 0.1) is 23.7 Å². The summed E-state index contributed by atoms with van der Waals surface area (Å²) in [6.45, 7) is 17.7. The van der Waals surface area contributed by atoms with Gasteiger partial charge in [-0.15, -0.1) is 5.10 Å². The zero-order chi connectivity index (χ0) is 53.8. The largest absolute Gasteiger partial charge is 0.459 e. The van der Waals surface area contributed by atoms with Gasteiger partial charge in [0.1, 0.15) is 42.7 Å². The highest BCUT2D eigenvalue weighted by molar-refractivity contribution is 5.87. The molecule has 1 aromatic heterocycles. The van der Waals surface area contributed by atoms with Gasteiger partial charge in [0.25, 0.3) is 0 Å². The van der Waals surface area contributed by atoms with Gasteiger partial charge in [-0.05, 0) is 104 Å². The van der Waals surface area contributed by atoms with Crippen LogP contribution in [0.15, 0.2) is 30.5 Å². The molecule has 19 heteroatoms. The SMILES string of the molecule is CC[C@H]1OC(=O)[C@H](C)[C@@H](C2C[C@@](C)(OC)[C@@H](O)[C@H](C)O2)[C@H](C)[C@@H](O[C@@H]2O[C@H](C)C[C@H](N(C)CCc3cn([C@H](CF)[C@H](OC)c4ccc(N(C)C)cc4)nn3)C2=O)[C@](C)(O)C[C@@H](C)CN(C)[C@H](C)[C@@H](O)[C@]1(C)O. The second-order valence-electron chi connectivity index (χ2n) is 22.4. The zero-order valence-electron chi connectivity index (χ0n) is 45.9. The van der Waals surface area contributed by atoms with Crippen LogP contribution < -0.4 is 4.90 Å². The Morgan fingerprint density at radius 2 is 1.61 bits per heavy atom. The molecule has 0 amide bonds. The molecule has 1 unspecified atom stereocenters. The van der Waals surface area contributed by atoms with Gasteiger partial charge in [0.15, 0.2) is 0 Å². The topological polar surface area (TPSA) is 211 Å². The summed E-state index contributed by atoms with van der Waals surface area (Å²) >= 11 is 0. The van der Waals surface area contributed by atoms with Gasteiger partial charge in [0.2, 0.25) is 12.1 Å². The molecule has 0 spiro atoms. The van der Waals surface area contributed by atoms with E-state index < -0.39 is 120 Å². The minimum Gasteiger partial charge on any atom is -0.459 e. The molecule has 0 saturated carbocycles. The number of anilines is 1. The first-order valence-electron chi connectivity index (χ1n) is 25.9. The molecule has 5 rings (SSSR count). The average molecular weight is 1020 g/mol. The number of hydrogen-bond acceptors (Lipinski definition) is 17. The Hall–Kier alpha value is -3.21. The molecular formula is C53H89FN6O12. The Morgan fingerprint density at radius 3 is 2.19 bits per heavy atom. The number of hydrogen-bond donors (Lipinski definition) is 4. The van der Waals surface area contributed by atoms with E-state index in [1.165, 1.54) is 18.7 Å². The van der Waals surface area contributed by atoms with Crippen LogP contribution in [0.3, 0.4) is 0 Å². The summed E-state index contributed by atoms with van der Waals surface area (Å²) in [5, 5.41) is 56.5. The average Bonchev–Trinajstić information content (AvgIpc) is 3.80. The van der Waals surface area contributed by atoms with Gasteiger partial charge in [-0.25, -0.2) is 9.07 Å². The summed E-state index contributed by atoms with van der Waals surface area (Å²) in [5.74, 6) is -3.71. The highest BCUT2D eigenvalue weighted by Crippen LogP contribution is 2.45. The van der Waals surface area contributed by atoms with Crippen LogP contribution in [0.1, 0.15) is 118 Å². The number of carbonyl (C=O) groups is 2. The molecule has 3 fully saturated rings. The van der Waals surface area contributed by atoms with E-state index in [4.69, 9.17) is 28.4 Å². The van der Waals surface area contributed by atoms with Crippen LogP contribution in [-0.4, -0.2) is 197 Å². The van der Waals surface area contributed by atoms with Crippen LogP contribution in [-0.2, 0) is 44.4 Å². The molecule has 4 N–H and O–H groups in total. The van der Waals surface area contributed by atoms with E-state index in [0.717, 1.165) is 11.3 Å². The van der Waals surface area contributed by atoms with E-state index >= 15 is 0 Å². The lowest BCUT2D eigenvalue weighted by Crippen LogP contribution is -2.61. The summed E-state index contributed by atoms with van der Waals surface area (Å²) in [6, 6.07) is 5.72. The van der Waals surface area contributed by atoms with E-state index in [1.54, 1.807) is 54.8 Å². The second-order valence-corrected chi connectivity index (χ2v) is 22.4. The number of cyclic esters (lactones) is 1. The zero-order valence-corrected chi connectivity index (χ0v) is 45.9. The smallest absolute Gasteiger partial charge is 0.309 e. The molecule has 0 bridgehead atoms. The lowest BCUT2D eigenvalue weighted by Gasteiger charge is -2.51. The van der Waals surface area contributed by atoms with Crippen molar-refractivity contribution in [2.24, 2.45) is 23.7 Å². The first kappa shape index (κ1) is 59.7. The lowest BCUT2D eigenvalue weighted by atomic mass is 9.68. The normalized spacial score (nSPS) is 39.0. The fraction of sp³-hybridized carbons (Fsp3) is 0.811. The number of methoxy groups -OCH3 is 2. The van der Waals surface area contributed by atoms with E-state index in [2.05, 4.69) is 10.3 Å². The van der Waals surface area contributed by atoms with Crippen molar-refractivity contribution in [1.29, 1.82) is 0 Å². The third kappa shape index (κ3) is 13.2. The van der Waals surface area contributed by atoms with Crippen molar-refractivity contribution in [3.63, 3.8) is 0 Å². The van der Waals surface area contributed by atoms with Gasteiger partial charge in [0, 0.05) is 78.1 Å². The highest BCUT2D eigenvalue weighted by atomic mass is 19.1. The number of benzene rings is 1. The van der Waals surface area contributed by atoms with E-state index in [0.29, 0.717) is 31.6 Å². The fourth-order valence-electron chi connectivity index (χ4n) is 11.8. The second kappa shape index (κ2) is 24.6. The van der Waals surface area contributed by atoms with Gasteiger partial charge >= 0.3 is 5.97 Å². The van der Waals surface area contributed by atoms with Crippen LogP contribution in [0.4, 0.5) is 10.1 Å². The summed E-state index contributed by atoms with van der Waals surface area (Å²) in [5.41, 5.74) is -2.17. The van der Waals surface area contributed by atoms with Crippen molar-refractivity contribution in [1.82, 2.24) is 24.8 Å². The molecule has 3 saturated heterocycles. The van der Waals surface area contributed by atoms with Gasteiger partial charge in [-0.1, -0.05) is 45.0 Å². The summed E-state index contributed by atoms with van der Waals surface area (Å²) in [7, 11) is 10.6. The summed E-state index contributed by atoms with van der Waals surface area (Å²) in [6.07, 6.45) is -5.52. The van der Waals surface area contributed by atoms with Gasteiger partial charge in [-0.3, -0.25) is 14.5 Å². The third-order valence-corrected chi connectivity index (χ3v) is 16.4. The van der Waals surface area contributed by atoms with Crippen molar-refractivity contribution in [2.75, 3.05) is 67.1 Å². The molecule has 3 aliphatic heterocycles. The minimum absolute atomic E-state index is 0.158.